The number of hydrogen-bond donors (Lipinski definition) is 2. The Hall–Kier alpha value is -2.16. The molecule has 3 aromatic rings. The third-order valence-corrected chi connectivity index (χ3v) is 4.35. The number of nitrogens with one attached hydrogen (secondary N) is 1. The molecule has 2 atom stereocenters. The zero-order valence-electron chi connectivity index (χ0n) is 13.7. The monoisotopic (exact) mass is 305 g/mol. The summed E-state index contributed by atoms with van der Waals surface area (Å²) in [5.41, 5.74) is 3.40. The highest BCUT2D eigenvalue weighted by molar-refractivity contribution is 5.83. The van der Waals surface area contributed by atoms with Gasteiger partial charge in [-0.2, -0.15) is 0 Å². The van der Waals surface area contributed by atoms with Gasteiger partial charge in [-0.15, -0.1) is 0 Å². The van der Waals surface area contributed by atoms with Gasteiger partial charge >= 0.3 is 0 Å². The summed E-state index contributed by atoms with van der Waals surface area (Å²) in [4.78, 5) is 0. The van der Waals surface area contributed by atoms with E-state index in [1.54, 1.807) is 0 Å². The van der Waals surface area contributed by atoms with Crippen molar-refractivity contribution in [1.82, 2.24) is 5.32 Å². The maximum absolute atomic E-state index is 10.3. The van der Waals surface area contributed by atoms with E-state index < -0.39 is 6.10 Å². The molecular weight excluding hydrogens is 282 g/mol. The Morgan fingerprint density at radius 3 is 2.26 bits per heavy atom. The Kier molecular flexibility index (Phi) is 4.75. The second-order valence-electron chi connectivity index (χ2n) is 6.16. The normalized spacial score (nSPS) is 13.9. The van der Waals surface area contributed by atoms with Gasteiger partial charge in [0.25, 0.3) is 0 Å². The molecule has 0 saturated carbocycles. The molecule has 0 unspecified atom stereocenters. The third kappa shape index (κ3) is 3.79. The second-order valence-corrected chi connectivity index (χ2v) is 6.16. The topological polar surface area (TPSA) is 32.3 Å². The van der Waals surface area contributed by atoms with Gasteiger partial charge in [-0.25, -0.2) is 0 Å². The van der Waals surface area contributed by atoms with Gasteiger partial charge in [-0.3, -0.25) is 0 Å². The van der Waals surface area contributed by atoms with Gasteiger partial charge in [0, 0.05) is 12.6 Å². The van der Waals surface area contributed by atoms with Crippen LogP contribution in [0.3, 0.4) is 0 Å². The van der Waals surface area contributed by atoms with E-state index in [-0.39, 0.29) is 6.04 Å². The van der Waals surface area contributed by atoms with Crippen molar-refractivity contribution in [3.05, 3.63) is 83.4 Å². The summed E-state index contributed by atoms with van der Waals surface area (Å²) in [6.07, 6.45) is -0.487. The number of benzene rings is 3. The van der Waals surface area contributed by atoms with Crippen molar-refractivity contribution in [1.29, 1.82) is 0 Å². The van der Waals surface area contributed by atoms with Crippen LogP contribution in [0.5, 0.6) is 0 Å². The van der Waals surface area contributed by atoms with Crippen LogP contribution < -0.4 is 5.32 Å². The number of rotatable bonds is 5. The van der Waals surface area contributed by atoms with Crippen molar-refractivity contribution in [2.24, 2.45) is 0 Å². The predicted molar refractivity (Wildman–Crippen MR) is 96.5 cm³/mol. The summed E-state index contributed by atoms with van der Waals surface area (Å²) in [5, 5.41) is 16.2. The average molecular weight is 305 g/mol. The summed E-state index contributed by atoms with van der Waals surface area (Å²) in [6, 6.07) is 23.1. The largest absolute Gasteiger partial charge is 0.387 e. The zero-order chi connectivity index (χ0) is 16.2. The second kappa shape index (κ2) is 6.95. The fraction of sp³-hybridized carbons (Fsp3) is 0.238. The molecule has 0 aromatic heterocycles. The highest BCUT2D eigenvalue weighted by Gasteiger charge is 2.11. The van der Waals surface area contributed by atoms with Crippen LogP contribution in [0.2, 0.25) is 0 Å². The smallest absolute Gasteiger partial charge is 0.0914 e. The van der Waals surface area contributed by atoms with Crippen molar-refractivity contribution in [2.45, 2.75) is 26.0 Å². The van der Waals surface area contributed by atoms with Crippen LogP contribution in [0.1, 0.15) is 35.8 Å². The first-order valence-electron chi connectivity index (χ1n) is 8.10. The maximum atomic E-state index is 10.3. The molecule has 0 heterocycles. The highest BCUT2D eigenvalue weighted by Crippen LogP contribution is 2.21. The Morgan fingerprint density at radius 2 is 1.52 bits per heavy atom. The van der Waals surface area contributed by atoms with Gasteiger partial charge < -0.3 is 10.4 Å². The first-order chi connectivity index (χ1) is 11.1. The van der Waals surface area contributed by atoms with E-state index in [0.717, 1.165) is 5.56 Å². The molecular formula is C21H23NO. The first kappa shape index (κ1) is 15.7. The fourth-order valence-electron chi connectivity index (χ4n) is 2.79. The molecule has 0 bridgehead atoms. The zero-order valence-corrected chi connectivity index (χ0v) is 13.7. The molecule has 0 saturated heterocycles. The van der Waals surface area contributed by atoms with Gasteiger partial charge in [0.05, 0.1) is 6.10 Å². The van der Waals surface area contributed by atoms with Gasteiger partial charge in [0.15, 0.2) is 0 Å². The lowest BCUT2D eigenvalue weighted by Gasteiger charge is -2.18. The number of aliphatic hydroxyl groups excluding tert-OH is 1. The van der Waals surface area contributed by atoms with E-state index in [4.69, 9.17) is 0 Å². The van der Waals surface area contributed by atoms with Crippen molar-refractivity contribution in [3.8, 4) is 0 Å². The lowest BCUT2D eigenvalue weighted by Crippen LogP contribution is -2.24. The van der Waals surface area contributed by atoms with E-state index in [9.17, 15) is 5.11 Å². The molecule has 23 heavy (non-hydrogen) atoms. The Morgan fingerprint density at radius 1 is 0.870 bits per heavy atom. The number of hydrogen-bond acceptors (Lipinski definition) is 2. The van der Waals surface area contributed by atoms with E-state index in [2.05, 4.69) is 61.6 Å². The van der Waals surface area contributed by atoms with Crippen LogP contribution in [-0.2, 0) is 0 Å². The van der Waals surface area contributed by atoms with Gasteiger partial charge in [-0.05, 0) is 41.8 Å². The summed E-state index contributed by atoms with van der Waals surface area (Å²) < 4.78 is 0. The lowest BCUT2D eigenvalue weighted by atomic mass is 10.0. The number of fused-ring (bicyclic) bond motifs is 1. The Labute approximate surface area is 137 Å². The van der Waals surface area contributed by atoms with Gasteiger partial charge in [0.1, 0.15) is 0 Å². The number of aryl methyl sites for hydroxylation is 1. The average Bonchev–Trinajstić information content (AvgIpc) is 2.59. The minimum atomic E-state index is -0.487. The highest BCUT2D eigenvalue weighted by atomic mass is 16.3. The fourth-order valence-corrected chi connectivity index (χ4v) is 2.79. The van der Waals surface area contributed by atoms with Gasteiger partial charge in [-0.1, -0.05) is 66.2 Å². The summed E-state index contributed by atoms with van der Waals surface area (Å²) in [7, 11) is 0. The molecule has 2 heteroatoms. The number of aliphatic hydroxyl groups is 1. The summed E-state index contributed by atoms with van der Waals surface area (Å²) in [5.74, 6) is 0. The van der Waals surface area contributed by atoms with Crippen molar-refractivity contribution < 1.29 is 5.11 Å². The van der Waals surface area contributed by atoms with Crippen LogP contribution in [0.15, 0.2) is 66.7 Å². The Balaban J connectivity index is 1.65. The van der Waals surface area contributed by atoms with E-state index in [0.29, 0.717) is 6.54 Å². The van der Waals surface area contributed by atoms with E-state index in [1.165, 1.54) is 21.9 Å². The molecule has 0 aliphatic rings. The minimum absolute atomic E-state index is 0.194. The standard InChI is InChI=1S/C21H23NO/c1-15-7-9-18(10-8-15)21(23)14-22-16(2)19-12-11-17-5-3-4-6-20(17)13-19/h3-13,16,21-23H,14H2,1-2H3/t16-,21-/m0/s1. The summed E-state index contributed by atoms with van der Waals surface area (Å²) >= 11 is 0. The van der Waals surface area contributed by atoms with Crippen LogP contribution in [-0.4, -0.2) is 11.7 Å². The molecule has 0 aliphatic carbocycles. The molecule has 0 aliphatic heterocycles. The molecule has 0 radical (unpaired) electrons. The van der Waals surface area contributed by atoms with Crippen LogP contribution in [0.25, 0.3) is 10.8 Å². The lowest BCUT2D eigenvalue weighted by molar-refractivity contribution is 0.171. The molecule has 3 aromatic carbocycles. The SMILES string of the molecule is Cc1ccc([C@@H](O)CN[C@@H](C)c2ccc3ccccc3c2)cc1. The minimum Gasteiger partial charge on any atom is -0.387 e. The molecule has 2 nitrogen and oxygen atoms in total. The van der Waals surface area contributed by atoms with Crippen molar-refractivity contribution in [2.75, 3.05) is 6.54 Å². The molecule has 0 spiro atoms. The maximum Gasteiger partial charge on any atom is 0.0914 e. The molecule has 118 valence electrons. The van der Waals surface area contributed by atoms with E-state index in [1.807, 2.05) is 24.3 Å². The first-order valence-corrected chi connectivity index (χ1v) is 8.10. The third-order valence-electron chi connectivity index (χ3n) is 4.35. The van der Waals surface area contributed by atoms with Crippen LogP contribution >= 0.6 is 0 Å². The Bertz CT molecular complexity index is 779. The quantitative estimate of drug-likeness (QED) is 0.725. The molecule has 2 N–H and O–H groups in total. The van der Waals surface area contributed by atoms with Gasteiger partial charge in [0.2, 0.25) is 0 Å². The van der Waals surface area contributed by atoms with Crippen LogP contribution in [0.4, 0.5) is 0 Å². The predicted octanol–water partition coefficient (Wildman–Crippen LogP) is 4.53. The van der Waals surface area contributed by atoms with E-state index >= 15 is 0 Å². The van der Waals surface area contributed by atoms with Crippen LogP contribution in [0, 0.1) is 6.92 Å². The summed E-state index contributed by atoms with van der Waals surface area (Å²) in [6.45, 7) is 4.72. The molecule has 3 rings (SSSR count). The van der Waals surface area contributed by atoms with Crippen molar-refractivity contribution >= 4 is 10.8 Å². The molecule has 0 amide bonds. The van der Waals surface area contributed by atoms with Crippen molar-refractivity contribution in [3.63, 3.8) is 0 Å². The molecule has 0 fully saturated rings.